The van der Waals surface area contributed by atoms with Crippen LogP contribution in [0.2, 0.25) is 0 Å². The lowest BCUT2D eigenvalue weighted by atomic mass is 9.99. The molecule has 1 fully saturated rings. The topological polar surface area (TPSA) is 75.2 Å². The van der Waals surface area contributed by atoms with Crippen molar-refractivity contribution in [2.45, 2.75) is 32.7 Å². The molecule has 7 heteroatoms. The molecule has 2 N–H and O–H groups in total. The summed E-state index contributed by atoms with van der Waals surface area (Å²) in [5.41, 5.74) is 1.37. The summed E-state index contributed by atoms with van der Waals surface area (Å²) in [5, 5.41) is 6.64. The molecule has 156 valence electrons. The van der Waals surface area contributed by atoms with Crippen molar-refractivity contribution in [3.63, 3.8) is 0 Å². The maximum absolute atomic E-state index is 11.9. The van der Waals surface area contributed by atoms with Gasteiger partial charge in [-0.3, -0.25) is 4.99 Å². The van der Waals surface area contributed by atoms with Gasteiger partial charge in [-0.1, -0.05) is 13.0 Å². The van der Waals surface area contributed by atoms with Crippen LogP contribution in [-0.4, -0.2) is 64.3 Å². The SMILES string of the molecule is CN=C(NCCCN1CCC(C)CC1)NCc1ccc(OC)c(C(=O)OC)c1. The van der Waals surface area contributed by atoms with E-state index in [1.807, 2.05) is 6.07 Å². The number of aliphatic imine (C=N–C) groups is 1. The minimum absolute atomic E-state index is 0.409. The molecule has 7 nitrogen and oxygen atoms in total. The van der Waals surface area contributed by atoms with Crippen molar-refractivity contribution in [2.24, 2.45) is 10.9 Å². The first-order valence-corrected chi connectivity index (χ1v) is 9.99. The average molecular weight is 391 g/mol. The van der Waals surface area contributed by atoms with Gasteiger partial charge in [0.05, 0.1) is 14.2 Å². The lowest BCUT2D eigenvalue weighted by Gasteiger charge is -2.30. The molecule has 0 aliphatic carbocycles. The van der Waals surface area contributed by atoms with Gasteiger partial charge in [-0.15, -0.1) is 0 Å². The molecule has 1 aliphatic rings. The molecule has 0 aromatic heterocycles. The van der Waals surface area contributed by atoms with Crippen LogP contribution < -0.4 is 15.4 Å². The number of benzene rings is 1. The molecule has 0 bridgehead atoms. The van der Waals surface area contributed by atoms with Crippen molar-refractivity contribution in [2.75, 3.05) is 47.4 Å². The quantitative estimate of drug-likeness (QED) is 0.307. The first kappa shape index (κ1) is 22.0. The van der Waals surface area contributed by atoms with Crippen LogP contribution in [0.1, 0.15) is 42.1 Å². The summed E-state index contributed by atoms with van der Waals surface area (Å²) in [6, 6.07) is 5.48. The van der Waals surface area contributed by atoms with E-state index in [0.717, 1.165) is 37.0 Å². The maximum Gasteiger partial charge on any atom is 0.341 e. The first-order chi connectivity index (χ1) is 13.6. The monoisotopic (exact) mass is 390 g/mol. The highest BCUT2D eigenvalue weighted by atomic mass is 16.5. The summed E-state index contributed by atoms with van der Waals surface area (Å²) in [4.78, 5) is 18.7. The molecular weight excluding hydrogens is 356 g/mol. The van der Waals surface area contributed by atoms with Crippen LogP contribution in [0.25, 0.3) is 0 Å². The number of carbonyl (C=O) groups is 1. The zero-order chi connectivity index (χ0) is 20.4. The van der Waals surface area contributed by atoms with Gasteiger partial charge in [-0.25, -0.2) is 4.79 Å². The standard InChI is InChI=1S/C21H34N4O3/c1-16-8-12-25(13-9-16)11-5-10-23-21(22-2)24-15-17-6-7-19(27-3)18(14-17)20(26)28-4/h6-7,14,16H,5,8-13,15H2,1-4H3,(H2,22,23,24). The van der Waals surface area contributed by atoms with Crippen LogP contribution in [0, 0.1) is 5.92 Å². The molecule has 0 atom stereocenters. The van der Waals surface area contributed by atoms with Crippen LogP contribution in [0.5, 0.6) is 5.75 Å². The molecule has 0 saturated carbocycles. The third-order valence-electron chi connectivity index (χ3n) is 5.17. The zero-order valence-corrected chi connectivity index (χ0v) is 17.6. The highest BCUT2D eigenvalue weighted by molar-refractivity contribution is 5.92. The van der Waals surface area contributed by atoms with Crippen molar-refractivity contribution in [1.82, 2.24) is 15.5 Å². The minimum Gasteiger partial charge on any atom is -0.496 e. The summed E-state index contributed by atoms with van der Waals surface area (Å²) in [7, 11) is 4.66. The number of esters is 1. The van der Waals surface area contributed by atoms with Gasteiger partial charge < -0.3 is 25.0 Å². The van der Waals surface area contributed by atoms with Gasteiger partial charge in [0.25, 0.3) is 0 Å². The first-order valence-electron chi connectivity index (χ1n) is 9.99. The Morgan fingerprint density at radius 3 is 2.64 bits per heavy atom. The van der Waals surface area contributed by atoms with Gasteiger partial charge in [0, 0.05) is 20.1 Å². The average Bonchev–Trinajstić information content (AvgIpc) is 2.73. The summed E-state index contributed by atoms with van der Waals surface area (Å²) in [6.07, 6.45) is 3.71. The summed E-state index contributed by atoms with van der Waals surface area (Å²) >= 11 is 0. The fraction of sp³-hybridized carbons (Fsp3) is 0.619. The van der Waals surface area contributed by atoms with E-state index in [1.54, 1.807) is 19.2 Å². The normalized spacial score (nSPS) is 15.9. The van der Waals surface area contributed by atoms with Crippen LogP contribution in [0.3, 0.4) is 0 Å². The Kier molecular flexibility index (Phi) is 9.07. The number of ether oxygens (including phenoxy) is 2. The van der Waals surface area contributed by atoms with E-state index < -0.39 is 5.97 Å². The number of rotatable bonds is 8. The zero-order valence-electron chi connectivity index (χ0n) is 17.6. The van der Waals surface area contributed by atoms with E-state index in [0.29, 0.717) is 17.9 Å². The molecule has 0 amide bonds. The number of methoxy groups -OCH3 is 2. The number of hydrogen-bond donors (Lipinski definition) is 2. The number of nitrogens with one attached hydrogen (secondary N) is 2. The van der Waals surface area contributed by atoms with E-state index in [1.165, 1.54) is 40.2 Å². The molecule has 0 spiro atoms. The number of nitrogens with zero attached hydrogens (tertiary/aromatic N) is 2. The Bertz CT molecular complexity index is 655. The second-order valence-corrected chi connectivity index (χ2v) is 7.26. The van der Waals surface area contributed by atoms with Crippen LogP contribution in [0.15, 0.2) is 23.2 Å². The van der Waals surface area contributed by atoms with Gasteiger partial charge in [0.2, 0.25) is 0 Å². The van der Waals surface area contributed by atoms with E-state index in [4.69, 9.17) is 9.47 Å². The van der Waals surface area contributed by atoms with Crippen molar-refractivity contribution in [1.29, 1.82) is 0 Å². The van der Waals surface area contributed by atoms with E-state index in [9.17, 15) is 4.79 Å². The number of carbonyl (C=O) groups excluding carboxylic acids is 1. The van der Waals surface area contributed by atoms with Crippen LogP contribution >= 0.6 is 0 Å². The number of likely N-dealkylation sites (tertiary alicyclic amines) is 1. The van der Waals surface area contributed by atoms with E-state index >= 15 is 0 Å². The molecule has 0 unspecified atom stereocenters. The molecule has 2 rings (SSSR count). The lowest BCUT2D eigenvalue weighted by molar-refractivity contribution is 0.0597. The Morgan fingerprint density at radius 1 is 1.25 bits per heavy atom. The number of piperidine rings is 1. The summed E-state index contributed by atoms with van der Waals surface area (Å²) in [5.74, 6) is 1.72. The van der Waals surface area contributed by atoms with Gasteiger partial charge in [0.15, 0.2) is 5.96 Å². The molecule has 1 aromatic carbocycles. The second-order valence-electron chi connectivity index (χ2n) is 7.26. The van der Waals surface area contributed by atoms with Gasteiger partial charge in [-0.2, -0.15) is 0 Å². The Balaban J connectivity index is 1.76. The summed E-state index contributed by atoms with van der Waals surface area (Å²) in [6.45, 7) is 7.32. The van der Waals surface area contributed by atoms with Crippen molar-refractivity contribution in [3.05, 3.63) is 29.3 Å². The molecule has 28 heavy (non-hydrogen) atoms. The highest BCUT2D eigenvalue weighted by Crippen LogP contribution is 2.20. The highest BCUT2D eigenvalue weighted by Gasteiger charge is 2.15. The lowest BCUT2D eigenvalue weighted by Crippen LogP contribution is -2.39. The van der Waals surface area contributed by atoms with Gasteiger partial charge in [-0.05, 0) is 62.5 Å². The molecule has 1 heterocycles. The van der Waals surface area contributed by atoms with Crippen LogP contribution in [-0.2, 0) is 11.3 Å². The fourth-order valence-electron chi connectivity index (χ4n) is 3.34. The Morgan fingerprint density at radius 2 is 2.00 bits per heavy atom. The van der Waals surface area contributed by atoms with Gasteiger partial charge in [0.1, 0.15) is 11.3 Å². The second kappa shape index (κ2) is 11.5. The maximum atomic E-state index is 11.9. The number of hydrogen-bond acceptors (Lipinski definition) is 5. The van der Waals surface area contributed by atoms with Crippen molar-refractivity contribution >= 4 is 11.9 Å². The predicted octanol–water partition coefficient (Wildman–Crippen LogP) is 2.27. The smallest absolute Gasteiger partial charge is 0.341 e. The fourth-order valence-corrected chi connectivity index (χ4v) is 3.34. The third kappa shape index (κ3) is 6.71. The number of guanidine groups is 1. The summed E-state index contributed by atoms with van der Waals surface area (Å²) < 4.78 is 10.1. The third-order valence-corrected chi connectivity index (χ3v) is 5.17. The molecule has 0 radical (unpaired) electrons. The van der Waals surface area contributed by atoms with Crippen molar-refractivity contribution < 1.29 is 14.3 Å². The molecule has 1 aromatic rings. The Hall–Kier alpha value is -2.28. The van der Waals surface area contributed by atoms with Crippen LogP contribution in [0.4, 0.5) is 0 Å². The molecular formula is C21H34N4O3. The predicted molar refractivity (Wildman–Crippen MR) is 112 cm³/mol. The van der Waals surface area contributed by atoms with E-state index in [-0.39, 0.29) is 0 Å². The largest absolute Gasteiger partial charge is 0.496 e. The van der Waals surface area contributed by atoms with E-state index in [2.05, 4.69) is 27.4 Å². The van der Waals surface area contributed by atoms with Crippen molar-refractivity contribution in [3.8, 4) is 5.75 Å². The molecule has 1 saturated heterocycles. The minimum atomic E-state index is -0.409. The Labute approximate surface area is 168 Å². The molecule has 1 aliphatic heterocycles. The van der Waals surface area contributed by atoms with Gasteiger partial charge >= 0.3 is 5.97 Å².